The molecule has 0 saturated heterocycles. The molecule has 0 aliphatic heterocycles. The number of hydrogen-bond acceptors (Lipinski definition) is 3. The molecule has 0 aliphatic carbocycles. The minimum Gasteiger partial charge on any atom is -0.394 e. The Morgan fingerprint density at radius 3 is 1.00 bits per heavy atom. The van der Waals surface area contributed by atoms with Gasteiger partial charge in [-0.05, 0) is 0 Å². The van der Waals surface area contributed by atoms with Crippen molar-refractivity contribution in [3.63, 3.8) is 0 Å². The van der Waals surface area contributed by atoms with Gasteiger partial charge < -0.3 is 5.73 Å². The van der Waals surface area contributed by atoms with Crippen molar-refractivity contribution < 1.29 is 39.5 Å². The number of halogens is 9. The molecular formula is C12H2F9N3. The predicted molar refractivity (Wildman–Crippen MR) is 61.1 cm³/mol. The molecule has 2 aromatic rings. The van der Waals surface area contributed by atoms with Crippen LogP contribution in [0.4, 0.5) is 56.6 Å². The summed E-state index contributed by atoms with van der Waals surface area (Å²) in [4.78, 5) is 0. The molecule has 0 saturated carbocycles. The number of rotatable bonds is 2. The van der Waals surface area contributed by atoms with Crippen LogP contribution < -0.4 is 5.73 Å². The highest BCUT2D eigenvalue weighted by molar-refractivity contribution is 5.53. The van der Waals surface area contributed by atoms with Gasteiger partial charge in [0.1, 0.15) is 5.69 Å². The van der Waals surface area contributed by atoms with Crippen LogP contribution in [0.1, 0.15) is 0 Å². The highest BCUT2D eigenvalue weighted by atomic mass is 19.2. The van der Waals surface area contributed by atoms with E-state index in [-0.39, 0.29) is 0 Å². The molecule has 3 nitrogen and oxygen atoms in total. The molecule has 128 valence electrons. The van der Waals surface area contributed by atoms with Crippen LogP contribution in [0.3, 0.4) is 0 Å². The molecule has 0 radical (unpaired) electrons. The molecule has 0 aromatic heterocycles. The zero-order valence-electron chi connectivity index (χ0n) is 10.9. The van der Waals surface area contributed by atoms with Gasteiger partial charge in [0, 0.05) is 0 Å². The minimum absolute atomic E-state index is 1.54. The second kappa shape index (κ2) is 6.02. The van der Waals surface area contributed by atoms with Crippen LogP contribution in [0.15, 0.2) is 10.2 Å². The molecule has 0 atom stereocenters. The second-order valence-corrected chi connectivity index (χ2v) is 4.14. The number of nitrogens with two attached hydrogens (primary N) is 1. The van der Waals surface area contributed by atoms with Crippen LogP contribution in [0.25, 0.3) is 0 Å². The molecule has 2 rings (SSSR count). The smallest absolute Gasteiger partial charge is 0.200 e. The standard InChI is InChI=1S/C12H2F9N3/c13-1-2(14)6(18)11(7(19)3(1)15)23-24-12-8(20)4(16)10(22)5(17)9(12)21/h22H2. The molecule has 0 spiro atoms. The Kier molecular flexibility index (Phi) is 4.40. The van der Waals surface area contributed by atoms with Crippen LogP contribution in [0, 0.1) is 52.4 Å². The molecule has 12 heteroatoms. The van der Waals surface area contributed by atoms with E-state index >= 15 is 0 Å². The normalized spacial score (nSPS) is 11.5. The summed E-state index contributed by atoms with van der Waals surface area (Å²) in [6, 6.07) is 0. The van der Waals surface area contributed by atoms with Crippen molar-refractivity contribution in [2.75, 3.05) is 5.73 Å². The molecule has 0 amide bonds. The van der Waals surface area contributed by atoms with Gasteiger partial charge in [0.05, 0.1) is 0 Å². The summed E-state index contributed by atoms with van der Waals surface area (Å²) in [5.74, 6) is -20.8. The van der Waals surface area contributed by atoms with Crippen molar-refractivity contribution in [1.29, 1.82) is 0 Å². The third kappa shape index (κ3) is 2.53. The maximum atomic E-state index is 13.4. The minimum atomic E-state index is -2.51. The van der Waals surface area contributed by atoms with E-state index in [1.54, 1.807) is 0 Å². The summed E-state index contributed by atoms with van der Waals surface area (Å²) in [6.45, 7) is 0. The lowest BCUT2D eigenvalue weighted by Gasteiger charge is -2.06. The zero-order valence-corrected chi connectivity index (χ0v) is 10.9. The van der Waals surface area contributed by atoms with Crippen molar-refractivity contribution in [1.82, 2.24) is 0 Å². The summed E-state index contributed by atoms with van der Waals surface area (Å²) >= 11 is 0. The van der Waals surface area contributed by atoms with Crippen molar-refractivity contribution in [3.8, 4) is 0 Å². The Labute approximate surface area is 126 Å². The van der Waals surface area contributed by atoms with Crippen LogP contribution in [0.2, 0.25) is 0 Å². The summed E-state index contributed by atoms with van der Waals surface area (Å²) in [5, 5.41) is 4.92. The van der Waals surface area contributed by atoms with E-state index in [2.05, 4.69) is 10.2 Å². The number of hydrogen-bond donors (Lipinski definition) is 1. The van der Waals surface area contributed by atoms with E-state index in [9.17, 15) is 39.5 Å². The SMILES string of the molecule is Nc1c(F)c(F)c(N=Nc2c(F)c(F)c(F)c(F)c2F)c(F)c1F. The average Bonchev–Trinajstić information content (AvgIpc) is 2.57. The van der Waals surface area contributed by atoms with Gasteiger partial charge in [-0.3, -0.25) is 0 Å². The third-order valence-electron chi connectivity index (χ3n) is 2.71. The van der Waals surface area contributed by atoms with E-state index in [0.29, 0.717) is 0 Å². The highest BCUT2D eigenvalue weighted by Gasteiger charge is 2.27. The van der Waals surface area contributed by atoms with Crippen molar-refractivity contribution >= 4 is 17.1 Å². The zero-order chi connectivity index (χ0) is 18.3. The molecule has 0 unspecified atom stereocenters. The molecular weight excluding hydrogens is 357 g/mol. The van der Waals surface area contributed by atoms with Gasteiger partial charge in [-0.2, -0.15) is 0 Å². The predicted octanol–water partition coefficient (Wildman–Crippen LogP) is 4.94. The highest BCUT2D eigenvalue weighted by Crippen LogP contribution is 2.35. The van der Waals surface area contributed by atoms with Crippen LogP contribution in [-0.2, 0) is 0 Å². The number of nitrogen functional groups attached to an aromatic ring is 1. The Hall–Kier alpha value is -2.79. The van der Waals surface area contributed by atoms with Gasteiger partial charge >= 0.3 is 0 Å². The van der Waals surface area contributed by atoms with Crippen molar-refractivity contribution in [2.24, 2.45) is 10.2 Å². The summed E-state index contributed by atoms with van der Waals surface area (Å²) in [5.41, 5.74) is -0.571. The fourth-order valence-electron chi connectivity index (χ4n) is 1.51. The molecule has 2 N–H and O–H groups in total. The first kappa shape index (κ1) is 17.6. The Balaban J connectivity index is 2.67. The number of anilines is 1. The molecule has 2 aromatic carbocycles. The monoisotopic (exact) mass is 359 g/mol. The van der Waals surface area contributed by atoms with Crippen LogP contribution in [0.5, 0.6) is 0 Å². The topological polar surface area (TPSA) is 50.7 Å². The molecule has 0 aliphatic rings. The summed E-state index contributed by atoms with van der Waals surface area (Å²) in [6.07, 6.45) is 0. The largest absolute Gasteiger partial charge is 0.394 e. The molecule has 0 heterocycles. The first-order chi connectivity index (χ1) is 11.1. The van der Waals surface area contributed by atoms with Gasteiger partial charge in [0.2, 0.25) is 5.82 Å². The second-order valence-electron chi connectivity index (χ2n) is 4.14. The maximum Gasteiger partial charge on any atom is 0.200 e. The van der Waals surface area contributed by atoms with E-state index in [1.165, 1.54) is 0 Å². The number of nitrogens with zero attached hydrogens (tertiary/aromatic N) is 2. The summed E-state index contributed by atoms with van der Waals surface area (Å²) < 4.78 is 118. The van der Waals surface area contributed by atoms with Crippen molar-refractivity contribution in [2.45, 2.75) is 0 Å². The molecule has 24 heavy (non-hydrogen) atoms. The average molecular weight is 359 g/mol. The molecule has 0 bridgehead atoms. The van der Waals surface area contributed by atoms with Gasteiger partial charge in [-0.1, -0.05) is 0 Å². The first-order valence-corrected chi connectivity index (χ1v) is 5.64. The lowest BCUT2D eigenvalue weighted by Crippen LogP contribution is -2.03. The number of azo groups is 1. The van der Waals surface area contributed by atoms with Gasteiger partial charge in [-0.25, -0.2) is 39.5 Å². The lowest BCUT2D eigenvalue weighted by molar-refractivity contribution is 0.380. The quantitative estimate of drug-likeness (QED) is 0.267. The lowest BCUT2D eigenvalue weighted by atomic mass is 10.2. The van der Waals surface area contributed by atoms with E-state index in [1.807, 2.05) is 0 Å². The van der Waals surface area contributed by atoms with Gasteiger partial charge in [-0.15, -0.1) is 10.2 Å². The molecule has 0 fully saturated rings. The van der Waals surface area contributed by atoms with Crippen molar-refractivity contribution in [3.05, 3.63) is 52.4 Å². The Bertz CT molecular complexity index is 750. The van der Waals surface area contributed by atoms with E-state index in [0.717, 1.165) is 0 Å². The Morgan fingerprint density at radius 2 is 0.667 bits per heavy atom. The first-order valence-electron chi connectivity index (χ1n) is 5.64. The fraction of sp³-hybridized carbons (Fsp3) is 0. The summed E-state index contributed by atoms with van der Waals surface area (Å²) in [7, 11) is 0. The van der Waals surface area contributed by atoms with Gasteiger partial charge in [0.15, 0.2) is 57.9 Å². The van der Waals surface area contributed by atoms with Crippen LogP contribution >= 0.6 is 0 Å². The van der Waals surface area contributed by atoms with Gasteiger partial charge in [0.25, 0.3) is 0 Å². The van der Waals surface area contributed by atoms with Crippen LogP contribution in [-0.4, -0.2) is 0 Å². The van der Waals surface area contributed by atoms with E-state index in [4.69, 9.17) is 5.73 Å². The maximum absolute atomic E-state index is 13.4. The number of benzene rings is 2. The fourth-order valence-corrected chi connectivity index (χ4v) is 1.51. The Morgan fingerprint density at radius 1 is 0.417 bits per heavy atom. The van der Waals surface area contributed by atoms with E-state index < -0.39 is 69.4 Å². The third-order valence-corrected chi connectivity index (χ3v) is 2.71.